The fourth-order valence-electron chi connectivity index (χ4n) is 1.01. The summed E-state index contributed by atoms with van der Waals surface area (Å²) in [7, 11) is 1.33. The van der Waals surface area contributed by atoms with Gasteiger partial charge in [-0.3, -0.25) is 4.79 Å². The van der Waals surface area contributed by atoms with Crippen molar-refractivity contribution in [2.24, 2.45) is 11.1 Å². The summed E-state index contributed by atoms with van der Waals surface area (Å²) in [6.07, 6.45) is -5.26. The summed E-state index contributed by atoms with van der Waals surface area (Å²) in [6, 6.07) is -0.786. The Balaban J connectivity index is 4.30. The Morgan fingerprint density at radius 2 is 1.75 bits per heavy atom. The van der Waals surface area contributed by atoms with Crippen LogP contribution in [0.2, 0.25) is 0 Å². The van der Waals surface area contributed by atoms with E-state index in [1.165, 1.54) is 7.05 Å². The highest BCUT2D eigenvalue weighted by molar-refractivity contribution is 5.82. The number of nitrogens with two attached hydrogens (primary N) is 1. The minimum atomic E-state index is -4.25. The van der Waals surface area contributed by atoms with Crippen molar-refractivity contribution in [1.82, 2.24) is 4.90 Å². The van der Waals surface area contributed by atoms with E-state index in [0.29, 0.717) is 0 Å². The lowest BCUT2D eigenvalue weighted by Gasteiger charge is -2.30. The van der Waals surface area contributed by atoms with Crippen LogP contribution in [-0.4, -0.2) is 36.6 Å². The highest BCUT2D eigenvalue weighted by Gasteiger charge is 2.32. The number of carbonyl (C=O) groups is 1. The van der Waals surface area contributed by atoms with E-state index in [1.807, 2.05) is 0 Å². The molecule has 0 aromatic carbocycles. The van der Waals surface area contributed by atoms with E-state index in [9.17, 15) is 18.0 Å². The molecule has 0 bridgehead atoms. The monoisotopic (exact) mass is 240 g/mol. The van der Waals surface area contributed by atoms with Crippen LogP contribution in [0.3, 0.4) is 0 Å². The van der Waals surface area contributed by atoms with Crippen LogP contribution in [-0.2, 0) is 4.79 Å². The summed E-state index contributed by atoms with van der Waals surface area (Å²) in [4.78, 5) is 12.7. The number of carbonyl (C=O) groups excluding carboxylic acids is 1. The molecule has 6 heteroatoms. The molecule has 0 fully saturated rings. The first-order valence-electron chi connectivity index (χ1n) is 5.02. The summed E-state index contributed by atoms with van der Waals surface area (Å²) in [6.45, 7) is 4.96. The molecular formula is C10H19F3N2O. The van der Waals surface area contributed by atoms with Gasteiger partial charge in [0.1, 0.15) is 0 Å². The molecule has 1 atom stereocenters. The second-order valence-corrected chi connectivity index (χ2v) is 4.97. The number of halogens is 3. The number of nitrogens with zero attached hydrogens (tertiary/aromatic N) is 1. The van der Waals surface area contributed by atoms with Crippen LogP contribution in [0.15, 0.2) is 0 Å². The molecule has 96 valence electrons. The summed E-state index contributed by atoms with van der Waals surface area (Å²) in [5, 5.41) is 0. The normalized spacial score (nSPS) is 14.8. The highest BCUT2D eigenvalue weighted by Crippen LogP contribution is 2.21. The van der Waals surface area contributed by atoms with Crippen molar-refractivity contribution in [3.8, 4) is 0 Å². The Kier molecular flexibility index (Phi) is 4.79. The second kappa shape index (κ2) is 5.03. The molecule has 2 N–H and O–H groups in total. The Labute approximate surface area is 93.8 Å². The Hall–Kier alpha value is -0.780. The smallest absolute Gasteiger partial charge is 0.344 e. The molecule has 0 heterocycles. The number of amides is 1. The third-order valence-corrected chi connectivity index (χ3v) is 2.31. The highest BCUT2D eigenvalue weighted by atomic mass is 19.4. The number of likely N-dealkylation sites (N-methyl/N-ethyl adjacent to an activating group) is 1. The molecule has 0 rings (SSSR count). The van der Waals surface area contributed by atoms with Gasteiger partial charge >= 0.3 is 6.18 Å². The summed E-state index contributed by atoms with van der Waals surface area (Å²) in [5.41, 5.74) is 5.21. The van der Waals surface area contributed by atoms with Crippen LogP contribution < -0.4 is 5.73 Å². The zero-order chi connectivity index (χ0) is 13.1. The zero-order valence-electron chi connectivity index (χ0n) is 10.1. The average molecular weight is 240 g/mol. The number of alkyl halides is 3. The van der Waals surface area contributed by atoms with Crippen LogP contribution in [0.25, 0.3) is 0 Å². The number of rotatable bonds is 3. The Morgan fingerprint density at radius 3 is 2.06 bits per heavy atom. The van der Waals surface area contributed by atoms with Gasteiger partial charge in [-0.05, 0) is 5.41 Å². The molecule has 1 amide bonds. The minimum Gasteiger partial charge on any atom is -0.344 e. The van der Waals surface area contributed by atoms with E-state index in [2.05, 4.69) is 0 Å². The Bertz CT molecular complexity index is 245. The van der Waals surface area contributed by atoms with E-state index in [1.54, 1.807) is 20.8 Å². The zero-order valence-corrected chi connectivity index (χ0v) is 10.1. The van der Waals surface area contributed by atoms with Crippen LogP contribution in [0.1, 0.15) is 27.2 Å². The number of hydrogen-bond donors (Lipinski definition) is 1. The molecule has 0 aliphatic rings. The van der Waals surface area contributed by atoms with Crippen molar-refractivity contribution in [3.05, 3.63) is 0 Å². The van der Waals surface area contributed by atoms with E-state index in [4.69, 9.17) is 5.73 Å². The van der Waals surface area contributed by atoms with E-state index in [-0.39, 0.29) is 6.54 Å². The van der Waals surface area contributed by atoms with Crippen LogP contribution >= 0.6 is 0 Å². The molecule has 0 aromatic rings. The van der Waals surface area contributed by atoms with Gasteiger partial charge in [-0.25, -0.2) is 0 Å². The lowest BCUT2D eigenvalue weighted by Crippen LogP contribution is -2.49. The van der Waals surface area contributed by atoms with E-state index >= 15 is 0 Å². The molecule has 3 nitrogen and oxygen atoms in total. The molecular weight excluding hydrogens is 221 g/mol. The van der Waals surface area contributed by atoms with Crippen molar-refractivity contribution in [3.63, 3.8) is 0 Å². The fourth-order valence-corrected chi connectivity index (χ4v) is 1.01. The van der Waals surface area contributed by atoms with Gasteiger partial charge in [-0.15, -0.1) is 0 Å². The maximum atomic E-state index is 11.9. The first-order chi connectivity index (χ1) is 6.95. The van der Waals surface area contributed by atoms with Gasteiger partial charge in [0.25, 0.3) is 0 Å². The van der Waals surface area contributed by atoms with Gasteiger partial charge in [-0.1, -0.05) is 20.8 Å². The SMILES string of the molecule is CN(CCC(F)(F)F)C(=O)[C@H](N)C(C)(C)C. The van der Waals surface area contributed by atoms with Gasteiger partial charge in [0.15, 0.2) is 0 Å². The summed E-state index contributed by atoms with van der Waals surface area (Å²) < 4.78 is 35.8. The topological polar surface area (TPSA) is 46.3 Å². The minimum absolute atomic E-state index is 0.355. The standard InChI is InChI=1S/C10H19F3N2O/c1-9(2,3)7(14)8(16)15(4)6-5-10(11,12)13/h7H,5-6,14H2,1-4H3/t7-/m0/s1. The maximum Gasteiger partial charge on any atom is 0.390 e. The lowest BCUT2D eigenvalue weighted by atomic mass is 9.86. The molecule has 0 aromatic heterocycles. The molecule has 0 radical (unpaired) electrons. The predicted octanol–water partition coefficient (Wildman–Crippen LogP) is 1.77. The third kappa shape index (κ3) is 5.34. The summed E-state index contributed by atoms with van der Waals surface area (Å²) in [5.74, 6) is -0.461. The molecule has 0 saturated heterocycles. The van der Waals surface area contributed by atoms with Gasteiger partial charge < -0.3 is 10.6 Å². The largest absolute Gasteiger partial charge is 0.390 e. The second-order valence-electron chi connectivity index (χ2n) is 4.97. The molecule has 0 saturated carbocycles. The number of hydrogen-bond acceptors (Lipinski definition) is 2. The van der Waals surface area contributed by atoms with Crippen molar-refractivity contribution in [2.45, 2.75) is 39.4 Å². The molecule has 0 aliphatic heterocycles. The first-order valence-corrected chi connectivity index (χ1v) is 5.02. The van der Waals surface area contributed by atoms with Crippen molar-refractivity contribution < 1.29 is 18.0 Å². The third-order valence-electron chi connectivity index (χ3n) is 2.31. The summed E-state index contributed by atoms with van der Waals surface area (Å²) >= 11 is 0. The maximum absolute atomic E-state index is 11.9. The lowest BCUT2D eigenvalue weighted by molar-refractivity contribution is -0.145. The van der Waals surface area contributed by atoms with Crippen LogP contribution in [0, 0.1) is 5.41 Å². The first kappa shape index (κ1) is 15.2. The molecule has 0 unspecified atom stereocenters. The molecule has 16 heavy (non-hydrogen) atoms. The quantitative estimate of drug-likeness (QED) is 0.817. The van der Waals surface area contributed by atoms with Crippen molar-refractivity contribution >= 4 is 5.91 Å². The van der Waals surface area contributed by atoms with Gasteiger partial charge in [0, 0.05) is 13.6 Å². The average Bonchev–Trinajstić information content (AvgIpc) is 2.09. The Morgan fingerprint density at radius 1 is 1.31 bits per heavy atom. The van der Waals surface area contributed by atoms with E-state index < -0.39 is 30.0 Å². The van der Waals surface area contributed by atoms with Gasteiger partial charge in [0.05, 0.1) is 12.5 Å². The molecule has 0 aliphatic carbocycles. The predicted molar refractivity (Wildman–Crippen MR) is 55.7 cm³/mol. The van der Waals surface area contributed by atoms with Crippen molar-refractivity contribution in [2.75, 3.05) is 13.6 Å². The fraction of sp³-hybridized carbons (Fsp3) is 0.900. The van der Waals surface area contributed by atoms with E-state index in [0.717, 1.165) is 4.90 Å². The van der Waals surface area contributed by atoms with Crippen LogP contribution in [0.4, 0.5) is 13.2 Å². The molecule has 0 spiro atoms. The van der Waals surface area contributed by atoms with Crippen molar-refractivity contribution in [1.29, 1.82) is 0 Å². The van der Waals surface area contributed by atoms with Crippen LogP contribution in [0.5, 0.6) is 0 Å². The van der Waals surface area contributed by atoms with Gasteiger partial charge in [0.2, 0.25) is 5.91 Å². The van der Waals surface area contributed by atoms with Gasteiger partial charge in [-0.2, -0.15) is 13.2 Å².